The number of aromatic nitrogens is 6. The highest BCUT2D eigenvalue weighted by Crippen LogP contribution is 2.22. The summed E-state index contributed by atoms with van der Waals surface area (Å²) in [6, 6.07) is 0. The van der Waals surface area contributed by atoms with Gasteiger partial charge in [0.15, 0.2) is 16.1 Å². The van der Waals surface area contributed by atoms with Gasteiger partial charge in [0.25, 0.3) is 17.7 Å². The Morgan fingerprint density at radius 3 is 1.94 bits per heavy atom. The first kappa shape index (κ1) is 26.1. The summed E-state index contributed by atoms with van der Waals surface area (Å²) in [5.74, 6) is -2.71. The Labute approximate surface area is 192 Å². The van der Waals surface area contributed by atoms with Gasteiger partial charge >= 0.3 is 12.9 Å². The fourth-order valence-electron chi connectivity index (χ4n) is 1.88. The Morgan fingerprint density at radius 2 is 1.48 bits per heavy atom. The lowest BCUT2D eigenvalue weighted by Gasteiger charge is -2.03. The first-order valence-corrected chi connectivity index (χ1v) is 11.1. The molecule has 0 radical (unpaired) electrons. The predicted octanol–water partition coefficient (Wildman–Crippen LogP) is 2.95. The smallest absolute Gasteiger partial charge is 0.315 e. The van der Waals surface area contributed by atoms with Gasteiger partial charge in [-0.05, 0) is 12.5 Å². The molecule has 3 rings (SSSR count). The van der Waals surface area contributed by atoms with E-state index >= 15 is 0 Å². The molecule has 10 nitrogen and oxygen atoms in total. The molecule has 0 spiro atoms. The van der Waals surface area contributed by atoms with Crippen molar-refractivity contribution in [2.24, 2.45) is 0 Å². The first-order valence-electron chi connectivity index (χ1n) is 8.68. The second-order valence-corrected chi connectivity index (χ2v) is 7.15. The molecule has 0 bridgehead atoms. The number of carbonyl (C=O) groups excluding carboxylic acids is 2. The van der Waals surface area contributed by atoms with Crippen molar-refractivity contribution in [1.29, 1.82) is 0 Å². The first-order chi connectivity index (χ1) is 15.7. The summed E-state index contributed by atoms with van der Waals surface area (Å²) in [5, 5.41) is 9.58. The Kier molecular flexibility index (Phi) is 10.1. The van der Waals surface area contributed by atoms with Gasteiger partial charge in [0.1, 0.15) is 0 Å². The number of halogens is 4. The summed E-state index contributed by atoms with van der Waals surface area (Å²) >= 11 is 2.68. The van der Waals surface area contributed by atoms with Crippen molar-refractivity contribution in [3.8, 4) is 11.5 Å². The summed E-state index contributed by atoms with van der Waals surface area (Å²) in [6.07, 6.45) is 3.18. The van der Waals surface area contributed by atoms with Gasteiger partial charge in [-0.15, -0.1) is 10.2 Å². The summed E-state index contributed by atoms with van der Waals surface area (Å²) in [5.41, 5.74) is 0.578. The van der Waals surface area contributed by atoms with Crippen molar-refractivity contribution >= 4 is 35.2 Å². The molecular weight excluding hydrogens is 490 g/mol. The molecule has 16 heteroatoms. The van der Waals surface area contributed by atoms with Crippen LogP contribution in [0.25, 0.3) is 11.5 Å². The van der Waals surface area contributed by atoms with Gasteiger partial charge < -0.3 is 9.73 Å². The number of nitrogens with zero attached hydrogens (tertiary/aromatic N) is 6. The van der Waals surface area contributed by atoms with Crippen molar-refractivity contribution in [2.75, 3.05) is 19.1 Å². The van der Waals surface area contributed by atoms with E-state index in [2.05, 4.69) is 30.1 Å². The molecule has 0 aromatic carbocycles. The Bertz CT molecular complexity index is 1050. The minimum atomic E-state index is -3.13. The van der Waals surface area contributed by atoms with Gasteiger partial charge in [-0.25, -0.2) is 19.9 Å². The maximum absolute atomic E-state index is 12.2. The van der Waals surface area contributed by atoms with Crippen LogP contribution in [0.15, 0.2) is 39.5 Å². The van der Waals surface area contributed by atoms with Crippen LogP contribution in [0.3, 0.4) is 0 Å². The van der Waals surface area contributed by atoms with Crippen LogP contribution >= 0.6 is 23.5 Å². The lowest BCUT2D eigenvalue weighted by atomic mass is 10.2. The molecule has 33 heavy (non-hydrogen) atoms. The van der Waals surface area contributed by atoms with E-state index in [4.69, 9.17) is 4.42 Å². The zero-order valence-corrected chi connectivity index (χ0v) is 18.5. The molecule has 0 aliphatic rings. The molecule has 0 saturated heterocycles. The van der Waals surface area contributed by atoms with Crippen molar-refractivity contribution < 1.29 is 31.6 Å². The van der Waals surface area contributed by atoms with Gasteiger partial charge in [-0.2, -0.15) is 17.6 Å². The quantitative estimate of drug-likeness (QED) is 0.209. The zero-order chi connectivity index (χ0) is 24.4. The normalized spacial score (nSPS) is 10.7. The van der Waals surface area contributed by atoms with Crippen LogP contribution in [0, 0.1) is 0 Å². The van der Waals surface area contributed by atoms with Gasteiger partial charge in [0.2, 0.25) is 0 Å². The minimum Gasteiger partial charge on any atom is -0.415 e. The van der Waals surface area contributed by atoms with E-state index in [1.807, 2.05) is 11.6 Å². The van der Waals surface area contributed by atoms with E-state index in [-0.39, 0.29) is 11.5 Å². The zero-order valence-electron chi connectivity index (χ0n) is 16.9. The summed E-state index contributed by atoms with van der Waals surface area (Å²) in [4.78, 5) is 37.6. The fourth-order valence-corrected chi connectivity index (χ4v) is 2.52. The van der Waals surface area contributed by atoms with Crippen molar-refractivity contribution in [2.45, 2.75) is 23.2 Å². The molecule has 0 unspecified atom stereocenters. The van der Waals surface area contributed by atoms with Crippen LogP contribution in [-0.4, -0.2) is 67.3 Å². The molecule has 0 aliphatic heterocycles. The number of amides is 1. The van der Waals surface area contributed by atoms with Gasteiger partial charge in [0, 0.05) is 24.8 Å². The Morgan fingerprint density at radius 1 is 0.939 bits per heavy atom. The van der Waals surface area contributed by atoms with Crippen molar-refractivity contribution in [3.63, 3.8) is 0 Å². The number of carbonyl (C=O) groups is 2. The molecule has 176 valence electrons. The predicted molar refractivity (Wildman–Crippen MR) is 109 cm³/mol. The topological polar surface area (TPSA) is 137 Å². The Balaban J connectivity index is 0.000000234. The van der Waals surface area contributed by atoms with E-state index in [1.165, 1.54) is 48.3 Å². The highest BCUT2D eigenvalue weighted by atomic mass is 32.2. The third kappa shape index (κ3) is 8.05. The SMILES string of the molecule is CSc1ncc(-c2nnc(C(F)F)o2)cn1.CSc1ncc(C(=O)CNC(=O)C(F)F)cn1. The molecule has 3 aromatic heterocycles. The van der Waals surface area contributed by atoms with Crippen LogP contribution in [-0.2, 0) is 4.79 Å². The maximum Gasteiger partial charge on any atom is 0.315 e. The van der Waals surface area contributed by atoms with Gasteiger partial charge in [-0.1, -0.05) is 23.5 Å². The van der Waals surface area contributed by atoms with Crippen LogP contribution in [0.2, 0.25) is 0 Å². The highest BCUT2D eigenvalue weighted by molar-refractivity contribution is 7.98. The average molecular weight is 505 g/mol. The van der Waals surface area contributed by atoms with E-state index in [1.54, 1.807) is 6.26 Å². The molecule has 1 N–H and O–H groups in total. The second kappa shape index (κ2) is 12.8. The molecule has 0 saturated carbocycles. The third-order valence-corrected chi connectivity index (χ3v) is 4.59. The lowest BCUT2D eigenvalue weighted by molar-refractivity contribution is -0.131. The lowest BCUT2D eigenvalue weighted by Crippen LogP contribution is -2.34. The fraction of sp³-hybridized carbons (Fsp3) is 0.294. The van der Waals surface area contributed by atoms with E-state index in [0.717, 1.165) is 0 Å². The molecular formula is C17H15F4N7O3S2. The monoisotopic (exact) mass is 505 g/mol. The number of ketones is 1. The number of hydrogen-bond acceptors (Lipinski definition) is 11. The second-order valence-electron chi connectivity index (χ2n) is 5.60. The highest BCUT2D eigenvalue weighted by Gasteiger charge is 2.18. The minimum absolute atomic E-state index is 0.0112. The molecule has 3 aromatic rings. The summed E-state index contributed by atoms with van der Waals surface area (Å²) in [7, 11) is 0. The number of rotatable bonds is 8. The van der Waals surface area contributed by atoms with Crippen LogP contribution in [0.5, 0.6) is 0 Å². The summed E-state index contributed by atoms with van der Waals surface area (Å²) < 4.78 is 52.8. The standard InChI is InChI=1S/C9H9F2N3O2S.C8H6F2N4OS/c1-17-9-13-2-5(3-14-9)6(15)4-12-8(16)7(10)11;1-16-8-11-2-4(3-12-8)6-13-14-7(15-6)5(9)10/h2-3,7H,4H2,1H3,(H,12,16);2-3,5H,1H3. The Hall–Kier alpha value is -3.14. The number of Topliss-reactive ketones (excluding diaryl/α,β-unsaturated/α-hetero) is 1. The molecule has 3 heterocycles. The molecule has 0 atom stereocenters. The van der Waals surface area contributed by atoms with E-state index < -0.39 is 37.0 Å². The maximum atomic E-state index is 12.2. The van der Waals surface area contributed by atoms with Crippen molar-refractivity contribution in [3.05, 3.63) is 36.2 Å². The van der Waals surface area contributed by atoms with Crippen LogP contribution in [0.4, 0.5) is 17.6 Å². The van der Waals surface area contributed by atoms with Crippen molar-refractivity contribution in [1.82, 2.24) is 35.5 Å². The van der Waals surface area contributed by atoms with Crippen LogP contribution in [0.1, 0.15) is 22.7 Å². The number of nitrogens with one attached hydrogen (secondary N) is 1. The molecule has 0 fully saturated rings. The average Bonchev–Trinajstić information content (AvgIpc) is 3.33. The third-order valence-electron chi connectivity index (χ3n) is 3.44. The number of thioether (sulfide) groups is 2. The van der Waals surface area contributed by atoms with Gasteiger partial charge in [0.05, 0.1) is 17.7 Å². The number of hydrogen-bond donors (Lipinski definition) is 1. The van der Waals surface area contributed by atoms with E-state index in [0.29, 0.717) is 15.9 Å². The van der Waals surface area contributed by atoms with Gasteiger partial charge in [-0.3, -0.25) is 9.59 Å². The largest absolute Gasteiger partial charge is 0.415 e. The molecule has 0 aliphatic carbocycles. The van der Waals surface area contributed by atoms with Crippen LogP contribution < -0.4 is 5.32 Å². The summed E-state index contributed by atoms with van der Waals surface area (Å²) in [6.45, 7) is -0.495. The number of alkyl halides is 4. The molecule has 1 amide bonds. The van der Waals surface area contributed by atoms with E-state index in [9.17, 15) is 27.2 Å².